The van der Waals surface area contributed by atoms with Gasteiger partial charge in [-0.25, -0.2) is 0 Å². The minimum absolute atomic E-state index is 0.161. The number of carboxylic acid groups (broad SMARTS) is 1. The number of carbonyl (C=O) groups excluding carboxylic acids is 1. The molecule has 5 heteroatoms. The van der Waals surface area contributed by atoms with Crippen molar-refractivity contribution >= 4 is 11.9 Å². The summed E-state index contributed by atoms with van der Waals surface area (Å²) in [5.74, 6) is -0.869. The molecule has 2 saturated heterocycles. The molecule has 2 aliphatic rings. The molecule has 5 nitrogen and oxygen atoms in total. The summed E-state index contributed by atoms with van der Waals surface area (Å²) in [6, 6.07) is 0. The minimum atomic E-state index is -0.733. The Hall–Kier alpha value is -1.10. The minimum Gasteiger partial charge on any atom is -0.481 e. The molecule has 2 aliphatic heterocycles. The number of carboxylic acids is 1. The fraction of sp³-hybridized carbons (Fsp3) is 0.833. The topological polar surface area (TPSA) is 60.9 Å². The van der Waals surface area contributed by atoms with Gasteiger partial charge in [-0.3, -0.25) is 14.5 Å². The Morgan fingerprint density at radius 2 is 1.82 bits per heavy atom. The van der Waals surface area contributed by atoms with Crippen molar-refractivity contribution in [1.29, 1.82) is 0 Å². The number of likely N-dealkylation sites (tertiary alicyclic amines) is 2. The Morgan fingerprint density at radius 1 is 1.12 bits per heavy atom. The predicted molar refractivity (Wildman–Crippen MR) is 62.6 cm³/mol. The number of amides is 1. The smallest absolute Gasteiger partial charge is 0.307 e. The Labute approximate surface area is 101 Å². The molecule has 0 aromatic rings. The van der Waals surface area contributed by atoms with E-state index in [1.54, 1.807) is 0 Å². The van der Waals surface area contributed by atoms with Gasteiger partial charge in [0, 0.05) is 19.6 Å². The third-order valence-electron chi connectivity index (χ3n) is 3.67. The van der Waals surface area contributed by atoms with Gasteiger partial charge in [0.1, 0.15) is 0 Å². The summed E-state index contributed by atoms with van der Waals surface area (Å²) in [7, 11) is 0. The van der Waals surface area contributed by atoms with E-state index in [1.807, 2.05) is 9.80 Å². The maximum absolute atomic E-state index is 11.9. The van der Waals surface area contributed by atoms with E-state index in [0.29, 0.717) is 13.1 Å². The van der Waals surface area contributed by atoms with Crippen molar-refractivity contribution in [2.75, 3.05) is 32.7 Å². The van der Waals surface area contributed by atoms with Crippen LogP contribution in [0.5, 0.6) is 0 Å². The molecule has 0 unspecified atom stereocenters. The van der Waals surface area contributed by atoms with E-state index in [0.717, 1.165) is 45.3 Å². The van der Waals surface area contributed by atoms with Crippen LogP contribution in [0.4, 0.5) is 0 Å². The molecule has 0 saturated carbocycles. The third-order valence-corrected chi connectivity index (χ3v) is 3.67. The largest absolute Gasteiger partial charge is 0.481 e. The lowest BCUT2D eigenvalue weighted by Crippen LogP contribution is -2.44. The van der Waals surface area contributed by atoms with Gasteiger partial charge in [-0.05, 0) is 32.2 Å². The summed E-state index contributed by atoms with van der Waals surface area (Å²) in [6.07, 6.45) is 3.82. The van der Waals surface area contributed by atoms with Crippen LogP contribution in [0.25, 0.3) is 0 Å². The van der Waals surface area contributed by atoms with Gasteiger partial charge in [0.25, 0.3) is 0 Å². The monoisotopic (exact) mass is 240 g/mol. The van der Waals surface area contributed by atoms with Crippen LogP contribution in [0.3, 0.4) is 0 Å². The number of hydrogen-bond donors (Lipinski definition) is 1. The van der Waals surface area contributed by atoms with Crippen LogP contribution < -0.4 is 0 Å². The van der Waals surface area contributed by atoms with Crippen molar-refractivity contribution in [2.45, 2.75) is 25.7 Å². The third kappa shape index (κ3) is 3.19. The first kappa shape index (κ1) is 12.4. The number of piperidine rings is 1. The summed E-state index contributed by atoms with van der Waals surface area (Å²) in [6.45, 7) is 3.51. The van der Waals surface area contributed by atoms with E-state index in [9.17, 15) is 9.59 Å². The molecule has 2 rings (SSSR count). The highest BCUT2D eigenvalue weighted by atomic mass is 16.4. The Balaban J connectivity index is 1.81. The van der Waals surface area contributed by atoms with Crippen molar-refractivity contribution in [3.63, 3.8) is 0 Å². The van der Waals surface area contributed by atoms with Crippen molar-refractivity contribution < 1.29 is 14.7 Å². The van der Waals surface area contributed by atoms with Gasteiger partial charge in [0.15, 0.2) is 0 Å². The van der Waals surface area contributed by atoms with E-state index in [-0.39, 0.29) is 11.8 Å². The molecule has 0 bridgehead atoms. The molecule has 1 atom stereocenters. The second kappa shape index (κ2) is 5.49. The zero-order valence-electron chi connectivity index (χ0n) is 10.1. The lowest BCUT2D eigenvalue weighted by molar-refractivity contribution is -0.144. The van der Waals surface area contributed by atoms with Gasteiger partial charge in [0.05, 0.1) is 12.5 Å². The van der Waals surface area contributed by atoms with Gasteiger partial charge in [-0.1, -0.05) is 0 Å². The molecule has 96 valence electrons. The molecular weight excluding hydrogens is 220 g/mol. The molecule has 0 aromatic heterocycles. The van der Waals surface area contributed by atoms with Crippen LogP contribution in [0.2, 0.25) is 0 Å². The average molecular weight is 240 g/mol. The fourth-order valence-corrected chi connectivity index (χ4v) is 2.66. The zero-order valence-corrected chi connectivity index (χ0v) is 10.1. The lowest BCUT2D eigenvalue weighted by Gasteiger charge is -2.31. The van der Waals surface area contributed by atoms with Crippen molar-refractivity contribution in [3.05, 3.63) is 0 Å². The molecule has 0 radical (unpaired) electrons. The number of aliphatic carboxylic acids is 1. The Kier molecular flexibility index (Phi) is 3.99. The molecule has 2 heterocycles. The molecule has 17 heavy (non-hydrogen) atoms. The van der Waals surface area contributed by atoms with Crippen molar-refractivity contribution in [2.24, 2.45) is 5.92 Å². The molecule has 1 N–H and O–H groups in total. The van der Waals surface area contributed by atoms with Crippen LogP contribution in [-0.4, -0.2) is 59.5 Å². The molecule has 1 amide bonds. The summed E-state index contributed by atoms with van der Waals surface area (Å²) >= 11 is 0. The first-order valence-corrected chi connectivity index (χ1v) is 6.40. The van der Waals surface area contributed by atoms with Crippen molar-refractivity contribution in [3.8, 4) is 0 Å². The molecule has 0 aliphatic carbocycles. The van der Waals surface area contributed by atoms with Crippen LogP contribution >= 0.6 is 0 Å². The zero-order chi connectivity index (χ0) is 12.3. The predicted octanol–water partition coefficient (Wildman–Crippen LogP) is 0.405. The summed E-state index contributed by atoms with van der Waals surface area (Å²) in [5, 5.41) is 8.98. The van der Waals surface area contributed by atoms with Gasteiger partial charge in [-0.15, -0.1) is 0 Å². The maximum atomic E-state index is 11.9. The summed E-state index contributed by atoms with van der Waals surface area (Å²) in [5.41, 5.74) is 0. The first-order valence-electron chi connectivity index (χ1n) is 6.40. The number of carbonyl (C=O) groups is 2. The highest BCUT2D eigenvalue weighted by Crippen LogP contribution is 2.17. The standard InChI is InChI=1S/C12H20N2O3/c15-11(14-6-1-2-7-14)9-13-5-3-4-10(8-13)12(16)17/h10H,1-9H2,(H,16,17)/t10-/m0/s1. The van der Waals surface area contributed by atoms with E-state index < -0.39 is 5.97 Å². The number of hydrogen-bond acceptors (Lipinski definition) is 3. The Bertz CT molecular complexity index is 300. The fourth-order valence-electron chi connectivity index (χ4n) is 2.66. The Morgan fingerprint density at radius 3 is 2.47 bits per heavy atom. The van der Waals surface area contributed by atoms with Crippen LogP contribution in [0.1, 0.15) is 25.7 Å². The van der Waals surface area contributed by atoms with Gasteiger partial charge in [0.2, 0.25) is 5.91 Å². The van der Waals surface area contributed by atoms with E-state index in [4.69, 9.17) is 5.11 Å². The SMILES string of the molecule is O=C(O)[C@H]1CCCN(CC(=O)N2CCCC2)C1. The lowest BCUT2D eigenvalue weighted by atomic mass is 9.98. The highest BCUT2D eigenvalue weighted by Gasteiger charge is 2.28. The molecule has 0 spiro atoms. The second-order valence-corrected chi connectivity index (χ2v) is 5.00. The number of rotatable bonds is 3. The van der Waals surface area contributed by atoms with Crippen molar-refractivity contribution in [1.82, 2.24) is 9.80 Å². The average Bonchev–Trinajstić information content (AvgIpc) is 2.82. The van der Waals surface area contributed by atoms with Crippen LogP contribution in [0, 0.1) is 5.92 Å². The van der Waals surface area contributed by atoms with Gasteiger partial charge in [-0.2, -0.15) is 0 Å². The van der Waals surface area contributed by atoms with E-state index >= 15 is 0 Å². The van der Waals surface area contributed by atoms with Crippen LogP contribution in [-0.2, 0) is 9.59 Å². The van der Waals surface area contributed by atoms with E-state index in [2.05, 4.69) is 0 Å². The second-order valence-electron chi connectivity index (χ2n) is 5.00. The van der Waals surface area contributed by atoms with Crippen LogP contribution in [0.15, 0.2) is 0 Å². The van der Waals surface area contributed by atoms with Gasteiger partial charge >= 0.3 is 5.97 Å². The summed E-state index contributed by atoms with van der Waals surface area (Å²) in [4.78, 5) is 26.7. The molecular formula is C12H20N2O3. The maximum Gasteiger partial charge on any atom is 0.307 e. The highest BCUT2D eigenvalue weighted by molar-refractivity contribution is 5.78. The summed E-state index contributed by atoms with van der Waals surface area (Å²) < 4.78 is 0. The first-order chi connectivity index (χ1) is 8.16. The number of nitrogens with zero attached hydrogens (tertiary/aromatic N) is 2. The molecule has 2 fully saturated rings. The normalized spacial score (nSPS) is 26.1. The van der Waals surface area contributed by atoms with Gasteiger partial charge < -0.3 is 10.0 Å². The molecule has 0 aromatic carbocycles. The van der Waals surface area contributed by atoms with E-state index in [1.165, 1.54) is 0 Å². The quantitative estimate of drug-likeness (QED) is 0.776.